The predicted octanol–water partition coefficient (Wildman–Crippen LogP) is 5.08. The van der Waals surface area contributed by atoms with Crippen LogP contribution in [-0.2, 0) is 11.3 Å². The van der Waals surface area contributed by atoms with Gasteiger partial charge in [0, 0.05) is 35.5 Å². The Morgan fingerprint density at radius 2 is 1.91 bits per heavy atom. The van der Waals surface area contributed by atoms with Crippen LogP contribution in [0.1, 0.15) is 27.9 Å². The SMILES string of the molecule is Cc1c(Oc2ccnc(NC(=O)C3=CCC=C3)c2)cccc1C(=O)NCc1ccc(F)cc1. The molecule has 0 atom stereocenters. The normalized spacial score (nSPS) is 12.2. The molecule has 0 spiro atoms. The highest BCUT2D eigenvalue weighted by Gasteiger charge is 2.14. The van der Waals surface area contributed by atoms with Crippen molar-refractivity contribution in [3.05, 3.63) is 107 Å². The van der Waals surface area contributed by atoms with E-state index in [1.54, 1.807) is 61.7 Å². The van der Waals surface area contributed by atoms with E-state index < -0.39 is 0 Å². The number of amides is 2. The first-order valence-corrected chi connectivity index (χ1v) is 10.4. The maximum atomic E-state index is 13.1. The summed E-state index contributed by atoms with van der Waals surface area (Å²) in [6.07, 6.45) is 7.80. The van der Waals surface area contributed by atoms with Gasteiger partial charge in [-0.1, -0.05) is 36.4 Å². The van der Waals surface area contributed by atoms with E-state index in [1.807, 2.05) is 12.2 Å². The minimum absolute atomic E-state index is 0.232. The molecule has 4 rings (SSSR count). The molecule has 1 aromatic heterocycles. The van der Waals surface area contributed by atoms with Gasteiger partial charge in [-0.3, -0.25) is 9.59 Å². The summed E-state index contributed by atoms with van der Waals surface area (Å²) in [4.78, 5) is 29.1. The molecule has 166 valence electrons. The average molecular weight is 443 g/mol. The summed E-state index contributed by atoms with van der Waals surface area (Å²) in [5.41, 5.74) is 2.53. The van der Waals surface area contributed by atoms with Gasteiger partial charge < -0.3 is 15.4 Å². The maximum absolute atomic E-state index is 13.1. The lowest BCUT2D eigenvalue weighted by atomic mass is 10.1. The molecule has 7 heteroatoms. The Balaban J connectivity index is 1.44. The van der Waals surface area contributed by atoms with Gasteiger partial charge in [-0.2, -0.15) is 0 Å². The van der Waals surface area contributed by atoms with Crippen molar-refractivity contribution in [2.75, 3.05) is 5.32 Å². The van der Waals surface area contributed by atoms with E-state index in [2.05, 4.69) is 15.6 Å². The van der Waals surface area contributed by atoms with Gasteiger partial charge in [-0.05, 0) is 49.2 Å². The van der Waals surface area contributed by atoms with E-state index in [0.717, 1.165) is 12.0 Å². The Bertz CT molecular complexity index is 1250. The summed E-state index contributed by atoms with van der Waals surface area (Å²) in [5.74, 6) is 0.534. The molecule has 3 aromatic rings. The quantitative estimate of drug-likeness (QED) is 0.534. The number of nitrogens with zero attached hydrogens (tertiary/aromatic N) is 1. The largest absolute Gasteiger partial charge is 0.457 e. The molecular weight excluding hydrogens is 421 g/mol. The molecule has 1 aliphatic rings. The van der Waals surface area contributed by atoms with E-state index in [0.29, 0.717) is 34.0 Å². The smallest absolute Gasteiger partial charge is 0.256 e. The fourth-order valence-corrected chi connectivity index (χ4v) is 3.34. The van der Waals surface area contributed by atoms with Crippen LogP contribution in [0.15, 0.2) is 84.6 Å². The van der Waals surface area contributed by atoms with Crippen LogP contribution >= 0.6 is 0 Å². The molecule has 0 saturated heterocycles. The van der Waals surface area contributed by atoms with Crippen LogP contribution in [0.2, 0.25) is 0 Å². The molecule has 2 amide bonds. The lowest BCUT2D eigenvalue weighted by Gasteiger charge is -2.13. The number of allylic oxidation sites excluding steroid dienone is 2. The highest BCUT2D eigenvalue weighted by atomic mass is 19.1. The Labute approximate surface area is 190 Å². The number of benzene rings is 2. The first-order chi connectivity index (χ1) is 16.0. The number of carbonyl (C=O) groups is 2. The number of aromatic nitrogens is 1. The minimum atomic E-state index is -0.322. The van der Waals surface area contributed by atoms with Gasteiger partial charge in [-0.15, -0.1) is 0 Å². The third-order valence-electron chi connectivity index (χ3n) is 5.13. The number of carbonyl (C=O) groups excluding carboxylic acids is 2. The van der Waals surface area contributed by atoms with Crippen LogP contribution < -0.4 is 15.4 Å². The highest BCUT2D eigenvalue weighted by Crippen LogP contribution is 2.28. The fourth-order valence-electron chi connectivity index (χ4n) is 3.34. The van der Waals surface area contributed by atoms with Gasteiger partial charge >= 0.3 is 0 Å². The Morgan fingerprint density at radius 3 is 2.67 bits per heavy atom. The molecular formula is C26H22FN3O3. The fraction of sp³-hybridized carbons (Fsp3) is 0.115. The van der Waals surface area contributed by atoms with Crippen molar-refractivity contribution in [2.24, 2.45) is 0 Å². The van der Waals surface area contributed by atoms with E-state index in [4.69, 9.17) is 4.74 Å². The van der Waals surface area contributed by atoms with Crippen LogP contribution in [-0.4, -0.2) is 16.8 Å². The summed E-state index contributed by atoms with van der Waals surface area (Å²) >= 11 is 0. The van der Waals surface area contributed by atoms with Crippen molar-refractivity contribution >= 4 is 17.6 Å². The number of nitrogens with one attached hydrogen (secondary N) is 2. The number of rotatable bonds is 7. The minimum Gasteiger partial charge on any atom is -0.457 e. The van der Waals surface area contributed by atoms with Crippen LogP contribution in [0.3, 0.4) is 0 Å². The highest BCUT2D eigenvalue weighted by molar-refractivity contribution is 6.05. The Hall–Kier alpha value is -4.26. The standard InChI is InChI=1S/C26H22FN3O3/c1-17-22(26(32)29-16-18-9-11-20(27)12-10-18)7-4-8-23(17)33-21-13-14-28-24(15-21)30-25(31)19-5-2-3-6-19/h2,4-15H,3,16H2,1H3,(H,29,32)(H,28,30,31). The zero-order valence-corrected chi connectivity index (χ0v) is 18.0. The van der Waals surface area contributed by atoms with Crippen molar-refractivity contribution in [1.82, 2.24) is 10.3 Å². The number of hydrogen-bond acceptors (Lipinski definition) is 4. The first-order valence-electron chi connectivity index (χ1n) is 10.4. The van der Waals surface area contributed by atoms with Crippen molar-refractivity contribution in [1.29, 1.82) is 0 Å². The van der Waals surface area contributed by atoms with Gasteiger partial charge in [0.25, 0.3) is 11.8 Å². The monoisotopic (exact) mass is 443 g/mol. The lowest BCUT2D eigenvalue weighted by molar-refractivity contribution is -0.112. The summed E-state index contributed by atoms with van der Waals surface area (Å²) in [5, 5.41) is 5.59. The van der Waals surface area contributed by atoms with Gasteiger partial charge in [0.15, 0.2) is 0 Å². The number of ether oxygens (including phenoxy) is 1. The van der Waals surface area contributed by atoms with Gasteiger partial charge in [-0.25, -0.2) is 9.37 Å². The molecule has 2 N–H and O–H groups in total. The number of hydrogen-bond donors (Lipinski definition) is 2. The molecule has 1 aliphatic carbocycles. The molecule has 0 bridgehead atoms. The summed E-state index contributed by atoms with van der Waals surface area (Å²) < 4.78 is 19.0. The second-order valence-electron chi connectivity index (χ2n) is 7.47. The van der Waals surface area contributed by atoms with Crippen molar-refractivity contribution in [3.63, 3.8) is 0 Å². The summed E-state index contributed by atoms with van der Waals surface area (Å²) in [7, 11) is 0. The van der Waals surface area contributed by atoms with E-state index in [1.165, 1.54) is 12.1 Å². The Morgan fingerprint density at radius 1 is 1.09 bits per heavy atom. The first kappa shape index (κ1) is 22.0. The Kier molecular flexibility index (Phi) is 6.59. The van der Waals surface area contributed by atoms with Crippen molar-refractivity contribution in [3.8, 4) is 11.5 Å². The van der Waals surface area contributed by atoms with Gasteiger partial charge in [0.1, 0.15) is 23.1 Å². The predicted molar refractivity (Wildman–Crippen MR) is 124 cm³/mol. The molecule has 0 radical (unpaired) electrons. The van der Waals surface area contributed by atoms with Crippen molar-refractivity contribution in [2.45, 2.75) is 19.9 Å². The van der Waals surface area contributed by atoms with E-state index in [9.17, 15) is 14.0 Å². The topological polar surface area (TPSA) is 80.3 Å². The third kappa shape index (κ3) is 5.51. The maximum Gasteiger partial charge on any atom is 0.256 e. The van der Waals surface area contributed by atoms with Crippen LogP contribution in [0.5, 0.6) is 11.5 Å². The average Bonchev–Trinajstić information content (AvgIpc) is 3.35. The summed E-state index contributed by atoms with van der Waals surface area (Å²) in [6.45, 7) is 2.08. The zero-order valence-electron chi connectivity index (χ0n) is 18.0. The molecule has 0 fully saturated rings. The number of pyridine rings is 1. The van der Waals surface area contributed by atoms with Crippen LogP contribution in [0.25, 0.3) is 0 Å². The molecule has 6 nitrogen and oxygen atoms in total. The number of halogens is 1. The summed E-state index contributed by atoms with van der Waals surface area (Å²) in [6, 6.07) is 14.5. The van der Waals surface area contributed by atoms with Gasteiger partial charge in [0.05, 0.1) is 0 Å². The second kappa shape index (κ2) is 9.91. The molecule has 33 heavy (non-hydrogen) atoms. The third-order valence-corrected chi connectivity index (χ3v) is 5.13. The van der Waals surface area contributed by atoms with E-state index >= 15 is 0 Å². The molecule has 0 aliphatic heterocycles. The van der Waals surface area contributed by atoms with E-state index in [-0.39, 0.29) is 24.2 Å². The molecule has 0 unspecified atom stereocenters. The van der Waals surface area contributed by atoms with Crippen LogP contribution in [0, 0.1) is 12.7 Å². The zero-order chi connectivity index (χ0) is 23.2. The molecule has 2 aromatic carbocycles. The van der Waals surface area contributed by atoms with Crippen LogP contribution in [0.4, 0.5) is 10.2 Å². The van der Waals surface area contributed by atoms with Crippen molar-refractivity contribution < 1.29 is 18.7 Å². The van der Waals surface area contributed by atoms with Gasteiger partial charge in [0.2, 0.25) is 0 Å². The second-order valence-corrected chi connectivity index (χ2v) is 7.47. The lowest BCUT2D eigenvalue weighted by Crippen LogP contribution is -2.23. The molecule has 1 heterocycles. The number of anilines is 1. The molecule has 0 saturated carbocycles.